The molecule has 0 aliphatic heterocycles. The third kappa shape index (κ3) is 6.29. The van der Waals surface area contributed by atoms with Gasteiger partial charge in [0.2, 0.25) is 15.9 Å². The lowest BCUT2D eigenvalue weighted by molar-refractivity contribution is -0.121. The van der Waals surface area contributed by atoms with Crippen LogP contribution in [0.2, 0.25) is 5.15 Å². The number of rotatable bonds is 9. The van der Waals surface area contributed by atoms with Gasteiger partial charge in [0, 0.05) is 25.2 Å². The average Bonchev–Trinajstić information content (AvgIpc) is 2.43. The van der Waals surface area contributed by atoms with Crippen LogP contribution in [0.5, 0.6) is 0 Å². The first kappa shape index (κ1) is 18.9. The van der Waals surface area contributed by atoms with Crippen LogP contribution in [0.4, 0.5) is 0 Å². The molecule has 0 fully saturated rings. The second-order valence-corrected chi connectivity index (χ2v) is 7.12. The summed E-state index contributed by atoms with van der Waals surface area (Å²) in [5, 5.41) is 2.68. The first-order valence-corrected chi connectivity index (χ1v) is 9.12. The first-order chi connectivity index (χ1) is 10.4. The van der Waals surface area contributed by atoms with Crippen LogP contribution in [0.3, 0.4) is 0 Å². The highest BCUT2D eigenvalue weighted by atomic mass is 35.5. The molecule has 1 amide bonds. The summed E-state index contributed by atoms with van der Waals surface area (Å²) in [6, 6.07) is 2.33. The summed E-state index contributed by atoms with van der Waals surface area (Å²) < 4.78 is 26.8. The maximum Gasteiger partial charge on any atom is 0.243 e. The van der Waals surface area contributed by atoms with Crippen LogP contribution in [-0.4, -0.2) is 31.9 Å². The standard InChI is InChI=1S/C14H22ClN3O3S/c1-3-4-5-8-16-13(19)10-11(2)18-22(20,21)12-7-6-9-17-14(12)15/h6-7,9,11,18H,3-5,8,10H2,1-2H3,(H,16,19)/t11-/m0/s1. The van der Waals surface area contributed by atoms with E-state index in [0.717, 1.165) is 19.3 Å². The van der Waals surface area contributed by atoms with Crippen LogP contribution in [0.15, 0.2) is 23.2 Å². The van der Waals surface area contributed by atoms with E-state index in [1.807, 2.05) is 0 Å². The molecule has 2 N–H and O–H groups in total. The van der Waals surface area contributed by atoms with Gasteiger partial charge in [-0.15, -0.1) is 0 Å². The number of halogens is 1. The minimum absolute atomic E-state index is 0.0727. The number of nitrogens with one attached hydrogen (secondary N) is 2. The van der Waals surface area contributed by atoms with Crippen molar-refractivity contribution in [2.75, 3.05) is 6.54 Å². The number of carbonyl (C=O) groups is 1. The average molecular weight is 348 g/mol. The first-order valence-electron chi connectivity index (χ1n) is 7.26. The maximum absolute atomic E-state index is 12.2. The van der Waals surface area contributed by atoms with E-state index in [0.29, 0.717) is 6.54 Å². The minimum atomic E-state index is -3.79. The number of amides is 1. The molecule has 1 aromatic heterocycles. The van der Waals surface area contributed by atoms with Gasteiger partial charge < -0.3 is 5.32 Å². The van der Waals surface area contributed by atoms with Gasteiger partial charge >= 0.3 is 0 Å². The molecule has 0 aliphatic carbocycles. The molecule has 1 rings (SSSR count). The van der Waals surface area contributed by atoms with E-state index in [2.05, 4.69) is 21.9 Å². The smallest absolute Gasteiger partial charge is 0.243 e. The van der Waals surface area contributed by atoms with Gasteiger partial charge in [0.1, 0.15) is 10.0 Å². The van der Waals surface area contributed by atoms with Crippen molar-refractivity contribution in [3.63, 3.8) is 0 Å². The van der Waals surface area contributed by atoms with E-state index >= 15 is 0 Å². The Morgan fingerprint density at radius 2 is 2.14 bits per heavy atom. The maximum atomic E-state index is 12.2. The van der Waals surface area contributed by atoms with Crippen molar-refractivity contribution in [1.29, 1.82) is 0 Å². The Balaban J connectivity index is 2.52. The monoisotopic (exact) mass is 347 g/mol. The number of hydrogen-bond donors (Lipinski definition) is 2. The third-order valence-corrected chi connectivity index (χ3v) is 5.00. The van der Waals surface area contributed by atoms with E-state index in [9.17, 15) is 13.2 Å². The van der Waals surface area contributed by atoms with E-state index in [-0.39, 0.29) is 22.4 Å². The molecule has 124 valence electrons. The number of hydrogen-bond acceptors (Lipinski definition) is 4. The van der Waals surface area contributed by atoms with Gasteiger partial charge in [-0.05, 0) is 25.5 Å². The zero-order valence-electron chi connectivity index (χ0n) is 12.8. The van der Waals surface area contributed by atoms with Gasteiger partial charge in [-0.1, -0.05) is 31.4 Å². The molecule has 22 heavy (non-hydrogen) atoms. The van der Waals surface area contributed by atoms with E-state index < -0.39 is 16.1 Å². The summed E-state index contributed by atoms with van der Waals surface area (Å²) >= 11 is 5.79. The Bertz CT molecular complexity index is 593. The minimum Gasteiger partial charge on any atom is -0.356 e. The van der Waals surface area contributed by atoms with Gasteiger partial charge in [-0.3, -0.25) is 4.79 Å². The van der Waals surface area contributed by atoms with Gasteiger partial charge in [0.05, 0.1) is 0 Å². The van der Waals surface area contributed by atoms with Crippen LogP contribution >= 0.6 is 11.6 Å². The topological polar surface area (TPSA) is 88.2 Å². The number of unbranched alkanes of at least 4 members (excludes halogenated alkanes) is 2. The number of sulfonamides is 1. The van der Waals surface area contributed by atoms with Crippen molar-refractivity contribution in [2.24, 2.45) is 0 Å². The van der Waals surface area contributed by atoms with Crippen LogP contribution in [0, 0.1) is 0 Å². The molecule has 0 spiro atoms. The summed E-state index contributed by atoms with van der Waals surface area (Å²) in [5.41, 5.74) is 0. The zero-order chi connectivity index (χ0) is 16.6. The molecule has 8 heteroatoms. The van der Waals surface area contributed by atoms with Gasteiger partial charge in [0.15, 0.2) is 0 Å². The Hall–Kier alpha value is -1.18. The molecular formula is C14H22ClN3O3S. The molecule has 1 heterocycles. The van der Waals surface area contributed by atoms with Crippen molar-refractivity contribution in [3.8, 4) is 0 Å². The Labute approximate surface area is 136 Å². The van der Waals surface area contributed by atoms with Crippen LogP contribution in [-0.2, 0) is 14.8 Å². The Morgan fingerprint density at radius 3 is 2.77 bits per heavy atom. The predicted octanol–water partition coefficient (Wildman–Crippen LogP) is 2.10. The second kappa shape index (κ2) is 9.07. The molecule has 0 radical (unpaired) electrons. The van der Waals surface area contributed by atoms with Gasteiger partial charge in [0.25, 0.3) is 0 Å². The Kier molecular flexibility index (Phi) is 7.78. The van der Waals surface area contributed by atoms with E-state index in [4.69, 9.17) is 11.6 Å². The molecule has 0 saturated heterocycles. The summed E-state index contributed by atoms with van der Waals surface area (Å²) in [6.45, 7) is 4.33. The molecule has 0 aromatic carbocycles. The highest BCUT2D eigenvalue weighted by Gasteiger charge is 2.22. The number of pyridine rings is 1. The Morgan fingerprint density at radius 1 is 1.41 bits per heavy atom. The van der Waals surface area contributed by atoms with Crippen molar-refractivity contribution >= 4 is 27.5 Å². The van der Waals surface area contributed by atoms with Gasteiger partial charge in [-0.2, -0.15) is 0 Å². The summed E-state index contributed by atoms with van der Waals surface area (Å²) in [5.74, 6) is -0.177. The fourth-order valence-corrected chi connectivity index (χ4v) is 3.59. The highest BCUT2D eigenvalue weighted by Crippen LogP contribution is 2.18. The second-order valence-electron chi connectivity index (χ2n) is 5.08. The van der Waals surface area contributed by atoms with Crippen molar-refractivity contribution < 1.29 is 13.2 Å². The van der Waals surface area contributed by atoms with Crippen molar-refractivity contribution in [1.82, 2.24) is 15.0 Å². The van der Waals surface area contributed by atoms with Crippen LogP contribution in [0.25, 0.3) is 0 Å². The van der Waals surface area contributed by atoms with Crippen molar-refractivity contribution in [3.05, 3.63) is 23.5 Å². The zero-order valence-corrected chi connectivity index (χ0v) is 14.4. The summed E-state index contributed by atoms with van der Waals surface area (Å²) in [6.07, 6.45) is 4.55. The normalized spacial score (nSPS) is 12.9. The van der Waals surface area contributed by atoms with Crippen LogP contribution in [0.1, 0.15) is 39.5 Å². The fourth-order valence-electron chi connectivity index (χ4n) is 1.89. The number of nitrogens with zero attached hydrogens (tertiary/aromatic N) is 1. The van der Waals surface area contributed by atoms with E-state index in [1.54, 1.807) is 6.92 Å². The molecule has 0 bridgehead atoms. The molecule has 0 saturated carbocycles. The van der Waals surface area contributed by atoms with E-state index in [1.165, 1.54) is 18.3 Å². The molecule has 6 nitrogen and oxygen atoms in total. The molecular weight excluding hydrogens is 326 g/mol. The molecule has 0 unspecified atom stereocenters. The lowest BCUT2D eigenvalue weighted by atomic mass is 10.2. The number of carbonyl (C=O) groups excluding carboxylic acids is 1. The third-order valence-electron chi connectivity index (χ3n) is 2.96. The highest BCUT2D eigenvalue weighted by molar-refractivity contribution is 7.89. The number of aromatic nitrogens is 1. The lowest BCUT2D eigenvalue weighted by Crippen LogP contribution is -2.37. The SMILES string of the molecule is CCCCCNC(=O)C[C@H](C)NS(=O)(=O)c1cccnc1Cl. The quantitative estimate of drug-likeness (QED) is 0.529. The van der Waals surface area contributed by atoms with Crippen LogP contribution < -0.4 is 10.0 Å². The fraction of sp³-hybridized carbons (Fsp3) is 0.571. The predicted molar refractivity (Wildman–Crippen MR) is 86.2 cm³/mol. The molecule has 1 atom stereocenters. The lowest BCUT2D eigenvalue weighted by Gasteiger charge is -2.14. The van der Waals surface area contributed by atoms with Crippen molar-refractivity contribution in [2.45, 2.75) is 50.5 Å². The van der Waals surface area contributed by atoms with Gasteiger partial charge in [-0.25, -0.2) is 18.1 Å². The summed E-state index contributed by atoms with van der Waals surface area (Å²) in [4.78, 5) is 15.4. The molecule has 0 aliphatic rings. The molecule has 1 aromatic rings. The largest absolute Gasteiger partial charge is 0.356 e. The summed E-state index contributed by atoms with van der Waals surface area (Å²) in [7, 11) is -3.79.